The monoisotopic (exact) mass is 212 g/mol. The first-order valence-corrected chi connectivity index (χ1v) is 6.38. The van der Waals surface area contributed by atoms with Gasteiger partial charge >= 0.3 is 0 Å². The van der Waals surface area contributed by atoms with Crippen molar-refractivity contribution in [2.45, 2.75) is 51.0 Å². The van der Waals surface area contributed by atoms with Crippen molar-refractivity contribution in [2.75, 3.05) is 13.7 Å². The molecule has 0 aromatic rings. The molecule has 0 radical (unpaired) electrons. The van der Waals surface area contributed by atoms with Gasteiger partial charge < -0.3 is 9.84 Å². The third-order valence-corrected chi connectivity index (χ3v) is 4.60. The summed E-state index contributed by atoms with van der Waals surface area (Å²) in [7, 11) is 1.68. The van der Waals surface area contributed by atoms with Crippen molar-refractivity contribution in [2.24, 2.45) is 17.8 Å². The van der Waals surface area contributed by atoms with Crippen molar-refractivity contribution in [3.63, 3.8) is 0 Å². The minimum atomic E-state index is -0.566. The molecule has 88 valence electrons. The lowest BCUT2D eigenvalue weighted by Gasteiger charge is -2.32. The summed E-state index contributed by atoms with van der Waals surface area (Å²) in [4.78, 5) is 0. The van der Waals surface area contributed by atoms with E-state index in [0.29, 0.717) is 6.61 Å². The van der Waals surface area contributed by atoms with Crippen molar-refractivity contribution in [1.82, 2.24) is 0 Å². The molecule has 2 aliphatic rings. The Balaban J connectivity index is 1.89. The van der Waals surface area contributed by atoms with Gasteiger partial charge in [0.25, 0.3) is 0 Å². The molecule has 15 heavy (non-hydrogen) atoms. The van der Waals surface area contributed by atoms with E-state index in [1.807, 2.05) is 0 Å². The van der Waals surface area contributed by atoms with E-state index >= 15 is 0 Å². The largest absolute Gasteiger partial charge is 0.387 e. The van der Waals surface area contributed by atoms with Gasteiger partial charge in [-0.1, -0.05) is 13.3 Å². The van der Waals surface area contributed by atoms with Crippen molar-refractivity contribution < 1.29 is 9.84 Å². The highest BCUT2D eigenvalue weighted by Gasteiger charge is 2.42. The molecule has 2 bridgehead atoms. The van der Waals surface area contributed by atoms with Gasteiger partial charge in [-0.3, -0.25) is 0 Å². The smallest absolute Gasteiger partial charge is 0.0880 e. The molecule has 4 atom stereocenters. The van der Waals surface area contributed by atoms with Crippen molar-refractivity contribution >= 4 is 0 Å². The van der Waals surface area contributed by atoms with Crippen LogP contribution in [-0.4, -0.2) is 24.4 Å². The van der Waals surface area contributed by atoms with Crippen molar-refractivity contribution in [3.8, 4) is 0 Å². The Hall–Kier alpha value is -0.0800. The van der Waals surface area contributed by atoms with Crippen LogP contribution < -0.4 is 0 Å². The van der Waals surface area contributed by atoms with Gasteiger partial charge in [0.2, 0.25) is 0 Å². The predicted molar refractivity (Wildman–Crippen MR) is 60.7 cm³/mol. The van der Waals surface area contributed by atoms with E-state index in [2.05, 4.69) is 6.92 Å². The second-order valence-electron chi connectivity index (χ2n) is 5.65. The molecule has 2 saturated carbocycles. The van der Waals surface area contributed by atoms with Crippen LogP contribution in [0.15, 0.2) is 0 Å². The first kappa shape index (κ1) is 11.4. The molecule has 2 rings (SSSR count). The Morgan fingerprint density at radius 2 is 2.13 bits per heavy atom. The number of rotatable bonds is 5. The summed E-state index contributed by atoms with van der Waals surface area (Å²) in [5, 5.41) is 10.4. The van der Waals surface area contributed by atoms with Gasteiger partial charge in [0, 0.05) is 7.11 Å². The zero-order chi connectivity index (χ0) is 10.9. The number of fused-ring (bicyclic) bond motifs is 2. The van der Waals surface area contributed by atoms with Crippen LogP contribution in [0.25, 0.3) is 0 Å². The quantitative estimate of drug-likeness (QED) is 0.759. The lowest BCUT2D eigenvalue weighted by Crippen LogP contribution is -2.36. The van der Waals surface area contributed by atoms with E-state index in [-0.39, 0.29) is 0 Å². The van der Waals surface area contributed by atoms with Crippen LogP contribution >= 0.6 is 0 Å². The van der Waals surface area contributed by atoms with Crippen LogP contribution in [0, 0.1) is 17.8 Å². The minimum absolute atomic E-state index is 0.497. The number of methoxy groups -OCH3 is 1. The molecule has 0 heterocycles. The van der Waals surface area contributed by atoms with E-state index in [9.17, 15) is 5.11 Å². The molecule has 0 aromatic heterocycles. The number of ether oxygens (including phenoxy) is 1. The number of hydrogen-bond donors (Lipinski definition) is 1. The highest BCUT2D eigenvalue weighted by molar-refractivity contribution is 4.93. The van der Waals surface area contributed by atoms with Gasteiger partial charge in [-0.15, -0.1) is 0 Å². The average Bonchev–Trinajstić information content (AvgIpc) is 2.79. The molecule has 2 aliphatic carbocycles. The highest BCUT2D eigenvalue weighted by atomic mass is 16.5. The van der Waals surface area contributed by atoms with E-state index in [1.54, 1.807) is 7.11 Å². The topological polar surface area (TPSA) is 29.5 Å². The van der Waals surface area contributed by atoms with Crippen molar-refractivity contribution in [3.05, 3.63) is 0 Å². The van der Waals surface area contributed by atoms with Crippen molar-refractivity contribution in [1.29, 1.82) is 0 Å². The molecule has 1 N–H and O–H groups in total. The summed E-state index contributed by atoms with van der Waals surface area (Å²) in [6, 6.07) is 0. The van der Waals surface area contributed by atoms with Crippen LogP contribution in [0.5, 0.6) is 0 Å². The molecule has 0 spiro atoms. The lowest BCUT2D eigenvalue weighted by molar-refractivity contribution is -0.0549. The molecular formula is C13H24O2. The molecule has 2 nitrogen and oxygen atoms in total. The Morgan fingerprint density at radius 1 is 1.33 bits per heavy atom. The molecule has 2 fully saturated rings. The van der Waals surface area contributed by atoms with Gasteiger partial charge in [0.1, 0.15) is 0 Å². The summed E-state index contributed by atoms with van der Waals surface area (Å²) in [6.45, 7) is 2.56. The summed E-state index contributed by atoms with van der Waals surface area (Å²) in [6.07, 6.45) is 7.40. The van der Waals surface area contributed by atoms with Crippen LogP contribution in [-0.2, 0) is 4.74 Å². The van der Waals surface area contributed by atoms with Crippen LogP contribution in [0.1, 0.15) is 45.4 Å². The normalized spacial score (nSPS) is 38.2. The van der Waals surface area contributed by atoms with Crippen LogP contribution in [0.2, 0.25) is 0 Å². The van der Waals surface area contributed by atoms with E-state index < -0.39 is 5.60 Å². The van der Waals surface area contributed by atoms with Gasteiger partial charge in [-0.25, -0.2) is 0 Å². The summed E-state index contributed by atoms with van der Waals surface area (Å²) >= 11 is 0. The Morgan fingerprint density at radius 3 is 2.60 bits per heavy atom. The maximum Gasteiger partial charge on any atom is 0.0880 e. The van der Waals surface area contributed by atoms with E-state index in [4.69, 9.17) is 4.74 Å². The predicted octanol–water partition coefficient (Wildman–Crippen LogP) is 2.60. The lowest BCUT2D eigenvalue weighted by atomic mass is 9.79. The van der Waals surface area contributed by atoms with E-state index in [1.165, 1.54) is 25.7 Å². The first-order valence-electron chi connectivity index (χ1n) is 6.38. The summed E-state index contributed by atoms with van der Waals surface area (Å²) < 4.78 is 5.14. The maximum atomic E-state index is 10.4. The van der Waals surface area contributed by atoms with E-state index in [0.717, 1.165) is 30.6 Å². The van der Waals surface area contributed by atoms with Crippen LogP contribution in [0.3, 0.4) is 0 Å². The number of hydrogen-bond acceptors (Lipinski definition) is 2. The fourth-order valence-corrected chi connectivity index (χ4v) is 3.69. The Kier molecular flexibility index (Phi) is 3.36. The van der Waals surface area contributed by atoms with Gasteiger partial charge in [0.15, 0.2) is 0 Å². The molecule has 0 saturated heterocycles. The van der Waals surface area contributed by atoms with Crippen LogP contribution in [0.4, 0.5) is 0 Å². The molecular weight excluding hydrogens is 188 g/mol. The molecule has 4 unspecified atom stereocenters. The van der Waals surface area contributed by atoms with Gasteiger partial charge in [-0.2, -0.15) is 0 Å². The third kappa shape index (κ3) is 2.36. The second kappa shape index (κ2) is 4.42. The first-order chi connectivity index (χ1) is 7.17. The second-order valence-corrected chi connectivity index (χ2v) is 5.65. The Labute approximate surface area is 93.0 Å². The summed E-state index contributed by atoms with van der Waals surface area (Å²) in [5.74, 6) is 2.65. The zero-order valence-electron chi connectivity index (χ0n) is 10.0. The molecule has 0 aromatic carbocycles. The Bertz CT molecular complexity index is 217. The molecule has 0 amide bonds. The SMILES string of the molecule is CCC(O)(COC)CC1CC2CCC1C2. The molecule has 2 heteroatoms. The number of aliphatic hydroxyl groups is 1. The van der Waals surface area contributed by atoms with Gasteiger partial charge in [0.05, 0.1) is 12.2 Å². The minimum Gasteiger partial charge on any atom is -0.387 e. The standard InChI is InChI=1S/C13H24O2/c1-3-13(14,9-15-2)8-12-7-10-4-5-11(12)6-10/h10-12,14H,3-9H2,1-2H3. The average molecular weight is 212 g/mol. The molecule has 0 aliphatic heterocycles. The maximum absolute atomic E-state index is 10.4. The fraction of sp³-hybridized carbons (Fsp3) is 1.00. The zero-order valence-corrected chi connectivity index (χ0v) is 10.0. The fourth-order valence-electron chi connectivity index (χ4n) is 3.69. The highest BCUT2D eigenvalue weighted by Crippen LogP contribution is 2.51. The third-order valence-electron chi connectivity index (χ3n) is 4.60. The summed E-state index contributed by atoms with van der Waals surface area (Å²) in [5.41, 5.74) is -0.566. The van der Waals surface area contributed by atoms with Gasteiger partial charge in [-0.05, 0) is 49.9 Å².